The Morgan fingerprint density at radius 3 is 2.48 bits per heavy atom. The van der Waals surface area contributed by atoms with E-state index in [0.29, 0.717) is 11.4 Å². The predicted octanol–water partition coefficient (Wildman–Crippen LogP) is 5.35. The molecular weight excluding hydrogens is 710 g/mol. The quantitative estimate of drug-likeness (QED) is 0.248. The first-order valence-corrected chi connectivity index (χ1v) is 12.4. The van der Waals surface area contributed by atoms with E-state index in [1.165, 1.54) is 0 Å². The van der Waals surface area contributed by atoms with Gasteiger partial charge in [-0.05, 0) is 105 Å². The maximum Gasteiger partial charge on any atom is 0.294 e. The second-order valence-corrected chi connectivity index (χ2v) is 10.4. The molecule has 1 fully saturated rings. The molecule has 3 amide bonds. The summed E-state index contributed by atoms with van der Waals surface area (Å²) in [7, 11) is 0. The Hall–Kier alpha value is -1.56. The lowest BCUT2D eigenvalue weighted by atomic mass is 10.2. The Labute approximate surface area is 218 Å². The summed E-state index contributed by atoms with van der Waals surface area (Å²) in [5, 5.41) is 2.19. The first kappa shape index (κ1) is 24.1. The summed E-state index contributed by atoms with van der Waals surface area (Å²) < 4.78 is 8.08. The van der Waals surface area contributed by atoms with Crippen LogP contribution in [0.1, 0.15) is 5.56 Å². The normalized spacial score (nSPS) is 14.6. The fourth-order valence-corrected chi connectivity index (χ4v) is 5.81. The first-order chi connectivity index (χ1) is 14.8. The third kappa shape index (κ3) is 6.24. The van der Waals surface area contributed by atoms with Crippen LogP contribution in [0.2, 0.25) is 0 Å². The van der Waals surface area contributed by atoms with Crippen LogP contribution in [0.15, 0.2) is 45.8 Å². The Morgan fingerprint density at radius 2 is 1.87 bits per heavy atom. The van der Waals surface area contributed by atoms with E-state index in [0.717, 1.165) is 33.8 Å². The second kappa shape index (κ2) is 10.8. The van der Waals surface area contributed by atoms with E-state index < -0.39 is 17.1 Å². The highest BCUT2D eigenvalue weighted by Crippen LogP contribution is 2.34. The number of imide groups is 1. The number of anilines is 1. The molecule has 2 aromatic rings. The molecule has 0 bridgehead atoms. The highest BCUT2D eigenvalue weighted by Gasteiger charge is 2.36. The number of ether oxygens (including phenoxy) is 1. The van der Waals surface area contributed by atoms with E-state index in [1.54, 1.807) is 30.3 Å². The Morgan fingerprint density at radius 1 is 1.23 bits per heavy atom. The molecule has 0 aliphatic carbocycles. The van der Waals surface area contributed by atoms with Crippen LogP contribution in [0.25, 0.3) is 6.08 Å². The molecule has 1 saturated heterocycles. The molecule has 10 heteroatoms. The second-order valence-electron chi connectivity index (χ2n) is 6.13. The Balaban J connectivity index is 1.72. The number of carbonyl (C=O) groups is 3. The minimum Gasteiger partial charge on any atom is -0.479 e. The van der Waals surface area contributed by atoms with Crippen molar-refractivity contribution in [3.63, 3.8) is 0 Å². The third-order valence-corrected chi connectivity index (χ3v) is 6.96. The van der Waals surface area contributed by atoms with Gasteiger partial charge in [-0.25, -0.2) is 0 Å². The lowest BCUT2D eigenvalue weighted by Crippen LogP contribution is -2.36. The van der Waals surface area contributed by atoms with Crippen molar-refractivity contribution in [2.45, 2.75) is 0 Å². The van der Waals surface area contributed by atoms with Gasteiger partial charge in [0.05, 0.1) is 12.0 Å². The number of hydrogen-bond donors (Lipinski definition) is 1. The van der Waals surface area contributed by atoms with Gasteiger partial charge in [0.1, 0.15) is 18.9 Å². The maximum absolute atomic E-state index is 12.7. The molecule has 1 aliphatic heterocycles. The molecule has 3 rings (SSSR count). The van der Waals surface area contributed by atoms with Crippen molar-refractivity contribution < 1.29 is 19.1 Å². The summed E-state index contributed by atoms with van der Waals surface area (Å²) in [5.74, 6) is 2.15. The zero-order valence-corrected chi connectivity index (χ0v) is 22.4. The van der Waals surface area contributed by atoms with Crippen LogP contribution in [0, 0.1) is 19.5 Å². The fourth-order valence-electron chi connectivity index (χ4n) is 2.58. The number of nitrogens with one attached hydrogen (secondary N) is 1. The number of carbonyl (C=O) groups excluding carboxylic acids is 3. The van der Waals surface area contributed by atoms with E-state index in [2.05, 4.69) is 72.3 Å². The molecule has 0 spiro atoms. The molecule has 0 saturated carbocycles. The average molecular weight is 723 g/mol. The summed E-state index contributed by atoms with van der Waals surface area (Å²) in [6.45, 7) is -0.196. The van der Waals surface area contributed by atoms with E-state index >= 15 is 0 Å². The first-order valence-electron chi connectivity index (χ1n) is 8.64. The number of benzene rings is 2. The van der Waals surface area contributed by atoms with Gasteiger partial charge in [-0.15, -0.1) is 6.42 Å². The maximum atomic E-state index is 12.7. The summed E-state index contributed by atoms with van der Waals surface area (Å²) in [6, 6.07) is 10.7. The fraction of sp³-hybridized carbons (Fsp3) is 0.0952. The topological polar surface area (TPSA) is 75.7 Å². The number of nitrogens with zero attached hydrogens (tertiary/aromatic N) is 1. The van der Waals surface area contributed by atoms with Gasteiger partial charge < -0.3 is 10.1 Å². The van der Waals surface area contributed by atoms with Gasteiger partial charge in [0, 0.05) is 10.2 Å². The highest BCUT2D eigenvalue weighted by molar-refractivity contribution is 14.1. The van der Waals surface area contributed by atoms with Gasteiger partial charge in [0.15, 0.2) is 0 Å². The van der Waals surface area contributed by atoms with E-state index in [1.807, 2.05) is 12.1 Å². The van der Waals surface area contributed by atoms with E-state index in [9.17, 15) is 14.4 Å². The average Bonchev–Trinajstić information content (AvgIpc) is 2.96. The van der Waals surface area contributed by atoms with Gasteiger partial charge >= 0.3 is 0 Å². The van der Waals surface area contributed by atoms with Gasteiger partial charge in [0.25, 0.3) is 11.1 Å². The smallest absolute Gasteiger partial charge is 0.294 e. The largest absolute Gasteiger partial charge is 0.479 e. The van der Waals surface area contributed by atoms with Crippen LogP contribution < -0.4 is 10.1 Å². The number of terminal acetylenes is 1. The van der Waals surface area contributed by atoms with Gasteiger partial charge in [0.2, 0.25) is 5.91 Å². The molecule has 158 valence electrons. The molecule has 1 heterocycles. The van der Waals surface area contributed by atoms with Crippen LogP contribution in [0.3, 0.4) is 0 Å². The highest BCUT2D eigenvalue weighted by atomic mass is 127. The molecule has 0 unspecified atom stereocenters. The number of amides is 3. The SMILES string of the molecule is C#CCOc1c(I)cc(/C=C2\SC(=O)N(CC(=O)Nc3ccc(Br)cc3)C2=O)cc1I. The van der Waals surface area contributed by atoms with Crippen molar-refractivity contribution in [2.75, 3.05) is 18.5 Å². The zero-order valence-electron chi connectivity index (χ0n) is 15.7. The monoisotopic (exact) mass is 722 g/mol. The van der Waals surface area contributed by atoms with Gasteiger partial charge in [-0.3, -0.25) is 19.3 Å². The molecule has 31 heavy (non-hydrogen) atoms. The minimum atomic E-state index is -0.501. The summed E-state index contributed by atoms with van der Waals surface area (Å²) in [4.78, 5) is 38.5. The molecule has 2 aromatic carbocycles. The van der Waals surface area contributed by atoms with Crippen LogP contribution in [0.5, 0.6) is 5.75 Å². The molecule has 0 atom stereocenters. The number of rotatable bonds is 6. The third-order valence-electron chi connectivity index (χ3n) is 3.92. The van der Waals surface area contributed by atoms with Crippen molar-refractivity contribution in [3.8, 4) is 18.1 Å². The van der Waals surface area contributed by atoms with E-state index in [4.69, 9.17) is 11.2 Å². The molecule has 0 radical (unpaired) electrons. The molecule has 1 N–H and O–H groups in total. The molecule has 6 nitrogen and oxygen atoms in total. The Kier molecular flexibility index (Phi) is 8.43. The lowest BCUT2D eigenvalue weighted by Gasteiger charge is -2.12. The predicted molar refractivity (Wildman–Crippen MR) is 142 cm³/mol. The van der Waals surface area contributed by atoms with Crippen molar-refractivity contribution in [1.82, 2.24) is 4.90 Å². The summed E-state index contributed by atoms with van der Waals surface area (Å²) >= 11 is 8.38. The summed E-state index contributed by atoms with van der Waals surface area (Å²) in [5.41, 5.74) is 1.32. The number of hydrogen-bond acceptors (Lipinski definition) is 5. The number of thioether (sulfide) groups is 1. The zero-order chi connectivity index (χ0) is 22.5. The molecule has 1 aliphatic rings. The van der Waals surface area contributed by atoms with Crippen molar-refractivity contribution in [3.05, 3.63) is 58.5 Å². The van der Waals surface area contributed by atoms with Crippen molar-refractivity contribution >= 4 is 102 Å². The van der Waals surface area contributed by atoms with Crippen molar-refractivity contribution in [1.29, 1.82) is 0 Å². The van der Waals surface area contributed by atoms with E-state index in [-0.39, 0.29) is 18.1 Å². The van der Waals surface area contributed by atoms with Crippen LogP contribution in [-0.4, -0.2) is 35.1 Å². The van der Waals surface area contributed by atoms with Gasteiger partial charge in [-0.2, -0.15) is 0 Å². The standard InChI is InChI=1S/C21H13BrI2N2O4S/c1-2-7-30-19-15(23)8-12(9-16(19)24)10-17-20(28)26(21(29)31-17)11-18(27)25-14-5-3-13(22)4-6-14/h1,3-6,8-10H,7,11H2,(H,25,27)/b17-10-. The van der Waals surface area contributed by atoms with Crippen molar-refractivity contribution in [2.24, 2.45) is 0 Å². The minimum absolute atomic E-state index is 0.159. The van der Waals surface area contributed by atoms with Gasteiger partial charge in [-0.1, -0.05) is 21.9 Å². The summed E-state index contributed by atoms with van der Waals surface area (Å²) in [6.07, 6.45) is 6.88. The molecular formula is C21H13BrI2N2O4S. The lowest BCUT2D eigenvalue weighted by molar-refractivity contribution is -0.127. The van der Waals surface area contributed by atoms with Crippen LogP contribution >= 0.6 is 72.9 Å². The Bertz CT molecular complexity index is 1110. The molecule has 0 aromatic heterocycles. The number of halogens is 3. The van der Waals surface area contributed by atoms with Crippen LogP contribution in [0.4, 0.5) is 10.5 Å². The van der Waals surface area contributed by atoms with Crippen LogP contribution in [-0.2, 0) is 9.59 Å².